The summed E-state index contributed by atoms with van der Waals surface area (Å²) < 4.78 is 16.5. The van der Waals surface area contributed by atoms with Crippen molar-refractivity contribution in [2.45, 2.75) is 40.2 Å². The normalized spacial score (nSPS) is 10.7. The number of Topliss-reactive ketones (excluding diaryl/α,β-unsaturated/α-hetero) is 2. The number of benzene rings is 2. The summed E-state index contributed by atoms with van der Waals surface area (Å²) in [4.78, 5) is 39.6. The number of halogens is 3. The lowest BCUT2D eigenvalue weighted by atomic mass is 10.2. The molecule has 260 valence electrons. The number of thiophene rings is 2. The number of nitrogens with zero attached hydrogens (tertiary/aromatic N) is 1. The van der Waals surface area contributed by atoms with Crippen molar-refractivity contribution in [2.75, 3.05) is 40.4 Å². The van der Waals surface area contributed by atoms with Gasteiger partial charge in [-0.2, -0.15) is 0 Å². The van der Waals surface area contributed by atoms with Crippen molar-refractivity contribution in [1.82, 2.24) is 10.2 Å². The second kappa shape index (κ2) is 19.2. The number of rotatable bonds is 12. The number of carbonyl (C=O) groups excluding carboxylic acids is 3. The summed E-state index contributed by atoms with van der Waals surface area (Å²) in [5, 5.41) is 4.07. The van der Waals surface area contributed by atoms with Gasteiger partial charge in [-0.3, -0.25) is 9.59 Å². The fraction of sp³-hybridized carbons (Fsp3) is 0.343. The van der Waals surface area contributed by atoms with E-state index in [0.717, 1.165) is 32.3 Å². The van der Waals surface area contributed by atoms with Gasteiger partial charge in [-0.05, 0) is 113 Å². The molecule has 13 heteroatoms. The molecule has 0 aliphatic rings. The number of likely N-dealkylation sites (N-methyl/N-ethyl adjacent to an activating group) is 2. The monoisotopic (exact) mass is 754 g/mol. The van der Waals surface area contributed by atoms with Crippen LogP contribution in [0.4, 0.5) is 4.79 Å². The summed E-state index contributed by atoms with van der Waals surface area (Å²) >= 11 is 15.4. The summed E-state index contributed by atoms with van der Waals surface area (Å²) in [5.41, 5.74) is 1.39. The molecule has 0 fully saturated rings. The van der Waals surface area contributed by atoms with Gasteiger partial charge in [-0.25, -0.2) is 4.79 Å². The van der Waals surface area contributed by atoms with E-state index in [1.807, 2.05) is 82.4 Å². The van der Waals surface area contributed by atoms with E-state index < -0.39 is 11.7 Å². The van der Waals surface area contributed by atoms with Crippen molar-refractivity contribution in [3.63, 3.8) is 0 Å². The van der Waals surface area contributed by atoms with Crippen molar-refractivity contribution < 1.29 is 28.6 Å². The van der Waals surface area contributed by atoms with Gasteiger partial charge in [0.1, 0.15) is 30.3 Å². The van der Waals surface area contributed by atoms with Gasteiger partial charge in [0.2, 0.25) is 0 Å². The van der Waals surface area contributed by atoms with E-state index in [2.05, 4.69) is 5.32 Å². The summed E-state index contributed by atoms with van der Waals surface area (Å²) in [7, 11) is 3.53. The first kappa shape index (κ1) is 41.1. The number of amides is 1. The van der Waals surface area contributed by atoms with Gasteiger partial charge in [0.05, 0.1) is 26.3 Å². The molecule has 4 rings (SSSR count). The van der Waals surface area contributed by atoms with Crippen LogP contribution in [0.2, 0.25) is 10.0 Å². The van der Waals surface area contributed by atoms with Crippen molar-refractivity contribution >= 4 is 75.9 Å². The minimum Gasteiger partial charge on any atom is -0.491 e. The molecule has 0 radical (unpaired) electrons. The molecular formula is C35H41Cl3N2O6S2. The number of hydrogen-bond donors (Lipinski definition) is 1. The summed E-state index contributed by atoms with van der Waals surface area (Å²) in [6.45, 7) is 10.6. The lowest BCUT2D eigenvalue weighted by Gasteiger charge is -2.24. The molecule has 2 heterocycles. The molecule has 2 aromatic heterocycles. The molecule has 1 amide bonds. The third kappa shape index (κ3) is 12.7. The van der Waals surface area contributed by atoms with E-state index in [9.17, 15) is 14.4 Å². The van der Waals surface area contributed by atoms with Crippen LogP contribution in [0.25, 0.3) is 20.9 Å². The van der Waals surface area contributed by atoms with Crippen molar-refractivity contribution in [2.24, 2.45) is 0 Å². The van der Waals surface area contributed by atoms with Gasteiger partial charge < -0.3 is 24.4 Å². The largest absolute Gasteiger partial charge is 0.491 e. The smallest absolute Gasteiger partial charge is 0.410 e. The van der Waals surface area contributed by atoms with Crippen molar-refractivity contribution in [3.8, 4) is 32.4 Å². The minimum atomic E-state index is -0.532. The molecule has 0 saturated carbocycles. The van der Waals surface area contributed by atoms with Crippen LogP contribution in [-0.2, 0) is 4.74 Å². The van der Waals surface area contributed by atoms with E-state index in [1.165, 1.54) is 27.6 Å². The molecule has 48 heavy (non-hydrogen) atoms. The number of ether oxygens (including phenoxy) is 3. The van der Waals surface area contributed by atoms with E-state index >= 15 is 0 Å². The number of hydrogen-bond acceptors (Lipinski definition) is 9. The zero-order valence-electron chi connectivity index (χ0n) is 28.0. The molecule has 8 nitrogen and oxygen atoms in total. The maximum atomic E-state index is 11.9. The molecule has 0 bridgehead atoms. The van der Waals surface area contributed by atoms with Crippen LogP contribution in [0.5, 0.6) is 11.5 Å². The van der Waals surface area contributed by atoms with Gasteiger partial charge in [0.15, 0.2) is 11.6 Å². The van der Waals surface area contributed by atoms with Gasteiger partial charge in [0, 0.05) is 23.3 Å². The molecule has 2 aromatic carbocycles. The van der Waals surface area contributed by atoms with E-state index in [4.69, 9.17) is 37.4 Å². The Bertz CT molecular complexity index is 1680. The first-order valence-corrected chi connectivity index (χ1v) is 17.2. The Kier molecular flexibility index (Phi) is 16.4. The molecule has 0 spiro atoms. The predicted octanol–water partition coefficient (Wildman–Crippen LogP) is 9.81. The van der Waals surface area contributed by atoms with E-state index in [-0.39, 0.29) is 24.0 Å². The van der Waals surface area contributed by atoms with E-state index in [0.29, 0.717) is 46.2 Å². The Morgan fingerprint density at radius 3 is 1.60 bits per heavy atom. The highest BCUT2D eigenvalue weighted by Crippen LogP contribution is 2.35. The topological polar surface area (TPSA) is 94.2 Å². The van der Waals surface area contributed by atoms with Crippen LogP contribution in [0.3, 0.4) is 0 Å². The zero-order valence-corrected chi connectivity index (χ0v) is 31.9. The first-order valence-electron chi connectivity index (χ1n) is 14.8. The molecule has 4 aromatic rings. The second-order valence-electron chi connectivity index (χ2n) is 11.4. The molecule has 0 saturated heterocycles. The number of nitrogens with one attached hydrogen (secondary N) is 1. The zero-order chi connectivity index (χ0) is 34.7. The Morgan fingerprint density at radius 2 is 1.23 bits per heavy atom. The average Bonchev–Trinajstić information content (AvgIpc) is 3.70. The SMILES string of the molecule is CC(=O)c1ccc(-c2ccc(OCCN(C)C(=O)OC(C)(C)C)c(Cl)c2)s1.CNCCOc1ccc(-c2ccc(C(C)=O)s2)cc1Cl.Cl. The van der Waals surface area contributed by atoms with Gasteiger partial charge >= 0.3 is 6.09 Å². The highest BCUT2D eigenvalue weighted by Gasteiger charge is 2.19. The third-order valence-corrected chi connectivity index (χ3v) is 9.40. The third-order valence-electron chi connectivity index (χ3n) is 6.34. The summed E-state index contributed by atoms with van der Waals surface area (Å²) in [6, 6.07) is 18.7. The van der Waals surface area contributed by atoms with Crippen LogP contribution >= 0.6 is 58.3 Å². The van der Waals surface area contributed by atoms with Crippen LogP contribution in [0, 0.1) is 0 Å². The lowest BCUT2D eigenvalue weighted by molar-refractivity contribution is 0.0278. The Balaban J connectivity index is 0.000000340. The van der Waals surface area contributed by atoms with Crippen molar-refractivity contribution in [3.05, 3.63) is 80.5 Å². The maximum Gasteiger partial charge on any atom is 0.410 e. The molecule has 0 atom stereocenters. The molecule has 0 aliphatic carbocycles. The average molecular weight is 756 g/mol. The van der Waals surface area contributed by atoms with Gasteiger partial charge in [-0.15, -0.1) is 35.1 Å². The quantitative estimate of drug-likeness (QED) is 0.114. The first-order chi connectivity index (χ1) is 22.2. The second-order valence-corrected chi connectivity index (χ2v) is 14.4. The standard InChI is InChI=1S/C20H24ClNO4S.C15H16ClNO2S.ClH/c1-13(23)17-8-9-18(27-17)14-6-7-16(15(21)12-14)25-11-10-22(5)19(24)26-20(2,3)4;1-10(18)14-5-6-15(20-14)11-3-4-13(12(16)9-11)19-8-7-17-2;/h6-9,12H,10-11H2,1-5H3;3-6,9,17H,7-8H2,1-2H3;1H. The minimum absolute atomic E-state index is 0. The van der Waals surface area contributed by atoms with Crippen LogP contribution in [0.1, 0.15) is 54.0 Å². The highest BCUT2D eigenvalue weighted by atomic mass is 35.5. The molecule has 1 N–H and O–H groups in total. The maximum absolute atomic E-state index is 11.9. The Morgan fingerprint density at radius 1 is 0.771 bits per heavy atom. The van der Waals surface area contributed by atoms with Gasteiger partial charge in [0.25, 0.3) is 0 Å². The summed E-state index contributed by atoms with van der Waals surface area (Å²) in [6.07, 6.45) is -0.397. The number of carbonyl (C=O) groups is 3. The highest BCUT2D eigenvalue weighted by molar-refractivity contribution is 7.17. The fourth-order valence-corrected chi connectivity index (χ4v) is 6.16. The Hall–Kier alpha value is -3.12. The molecular weight excluding hydrogens is 715 g/mol. The van der Waals surface area contributed by atoms with Crippen LogP contribution < -0.4 is 14.8 Å². The molecule has 0 unspecified atom stereocenters. The van der Waals surface area contributed by atoms with E-state index in [1.54, 1.807) is 27.0 Å². The number of ketones is 2. The van der Waals surface area contributed by atoms with Crippen LogP contribution in [-0.4, -0.2) is 68.6 Å². The summed E-state index contributed by atoms with van der Waals surface area (Å²) in [5.74, 6) is 1.35. The fourth-order valence-electron chi connectivity index (χ4n) is 3.89. The molecule has 0 aliphatic heterocycles. The van der Waals surface area contributed by atoms with Gasteiger partial charge in [-0.1, -0.05) is 23.2 Å². The predicted molar refractivity (Wildman–Crippen MR) is 201 cm³/mol. The Labute approximate surface area is 306 Å². The van der Waals surface area contributed by atoms with Crippen molar-refractivity contribution in [1.29, 1.82) is 0 Å². The lowest BCUT2D eigenvalue weighted by Crippen LogP contribution is -2.36. The van der Waals surface area contributed by atoms with Crippen LogP contribution in [0.15, 0.2) is 60.7 Å².